The third kappa shape index (κ3) is 4.57. The first-order valence-electron chi connectivity index (χ1n) is 10.6. The zero-order chi connectivity index (χ0) is 22.6. The molecule has 2 heterocycles. The van der Waals surface area contributed by atoms with Crippen LogP contribution >= 0.6 is 0 Å². The summed E-state index contributed by atoms with van der Waals surface area (Å²) in [5.41, 5.74) is 6.66. The van der Waals surface area contributed by atoms with E-state index in [-0.39, 0.29) is 0 Å². The van der Waals surface area contributed by atoms with Crippen LogP contribution in [0.1, 0.15) is 0 Å². The van der Waals surface area contributed by atoms with Gasteiger partial charge in [0.2, 0.25) is 0 Å². The first-order valence-corrected chi connectivity index (χ1v) is 10.6. The van der Waals surface area contributed by atoms with Gasteiger partial charge in [0.1, 0.15) is 0 Å². The van der Waals surface area contributed by atoms with E-state index in [9.17, 15) is 10.0 Å². The summed E-state index contributed by atoms with van der Waals surface area (Å²) in [6.07, 6.45) is 1.76. The fraction of sp³-hybridized carbons (Fsp3) is 0. The molecule has 5 nitrogen and oxygen atoms in total. The number of hydrogen-bond acceptors (Lipinski definition) is 5. The van der Waals surface area contributed by atoms with E-state index in [0.29, 0.717) is 11.3 Å². The monoisotopic (exact) mass is 429 g/mol. The molecule has 5 aromatic rings. The SMILES string of the molecule is OB(O)c1ccc(-c2cccc(-c3nc(-c4ccccc4)cc(-c4ccccn4)n3)c2)cc1. The standard InChI is InChI=1S/C27H20BN3O2/c32-28(33)23-14-12-19(13-15-23)21-9-6-10-22(17-21)27-30-25(20-7-2-1-3-8-20)18-26(31-27)24-11-4-5-16-29-24/h1-18,32-33H. The number of hydrogen-bond donors (Lipinski definition) is 2. The lowest BCUT2D eigenvalue weighted by atomic mass is 9.80. The van der Waals surface area contributed by atoms with Crippen LogP contribution in [0.5, 0.6) is 0 Å². The summed E-state index contributed by atoms with van der Waals surface area (Å²) < 4.78 is 0. The largest absolute Gasteiger partial charge is 0.488 e. The molecule has 0 aliphatic heterocycles. The van der Waals surface area contributed by atoms with E-state index in [1.165, 1.54) is 0 Å². The van der Waals surface area contributed by atoms with E-state index < -0.39 is 7.12 Å². The number of rotatable bonds is 5. The van der Waals surface area contributed by atoms with Crippen molar-refractivity contribution in [1.29, 1.82) is 0 Å². The summed E-state index contributed by atoms with van der Waals surface area (Å²) >= 11 is 0. The Kier molecular flexibility index (Phi) is 5.76. The van der Waals surface area contributed by atoms with Crippen LogP contribution in [-0.2, 0) is 0 Å². The highest BCUT2D eigenvalue weighted by Gasteiger charge is 2.13. The van der Waals surface area contributed by atoms with Gasteiger partial charge in [0.05, 0.1) is 17.1 Å². The number of pyridine rings is 1. The molecule has 6 heteroatoms. The Bertz CT molecular complexity index is 1320. The van der Waals surface area contributed by atoms with Crippen LogP contribution in [0.25, 0.3) is 45.2 Å². The van der Waals surface area contributed by atoms with Crippen molar-refractivity contribution in [2.45, 2.75) is 0 Å². The molecule has 0 fully saturated rings. The molecule has 0 amide bonds. The molecule has 3 aromatic carbocycles. The predicted molar refractivity (Wildman–Crippen MR) is 131 cm³/mol. The first-order chi connectivity index (χ1) is 16.2. The first kappa shape index (κ1) is 20.8. The smallest absolute Gasteiger partial charge is 0.423 e. The molecule has 0 atom stereocenters. The Morgan fingerprint density at radius 1 is 0.515 bits per heavy atom. The third-order valence-electron chi connectivity index (χ3n) is 5.39. The van der Waals surface area contributed by atoms with E-state index in [1.807, 2.05) is 91.0 Å². The molecule has 33 heavy (non-hydrogen) atoms. The average molecular weight is 429 g/mol. The van der Waals surface area contributed by atoms with Crippen molar-refractivity contribution in [1.82, 2.24) is 15.0 Å². The maximum atomic E-state index is 9.35. The van der Waals surface area contributed by atoms with Crippen molar-refractivity contribution < 1.29 is 10.0 Å². The molecule has 158 valence electrons. The molecule has 0 aliphatic carbocycles. The fourth-order valence-corrected chi connectivity index (χ4v) is 3.66. The quantitative estimate of drug-likeness (QED) is 0.409. The highest BCUT2D eigenvalue weighted by Crippen LogP contribution is 2.29. The van der Waals surface area contributed by atoms with Crippen molar-refractivity contribution in [2.75, 3.05) is 0 Å². The Labute approximate surface area is 192 Å². The molecule has 0 unspecified atom stereocenters. The van der Waals surface area contributed by atoms with Gasteiger partial charge in [-0.2, -0.15) is 0 Å². The van der Waals surface area contributed by atoms with Gasteiger partial charge in [0, 0.05) is 17.3 Å². The van der Waals surface area contributed by atoms with Crippen LogP contribution in [0.4, 0.5) is 0 Å². The van der Waals surface area contributed by atoms with Gasteiger partial charge in [0.25, 0.3) is 0 Å². The Balaban J connectivity index is 1.61. The molecule has 2 aromatic heterocycles. The van der Waals surface area contributed by atoms with Gasteiger partial charge in [-0.25, -0.2) is 9.97 Å². The molecule has 0 saturated carbocycles. The van der Waals surface area contributed by atoms with Gasteiger partial charge < -0.3 is 10.0 Å². The number of nitrogens with zero attached hydrogens (tertiary/aromatic N) is 3. The molecule has 0 bridgehead atoms. The van der Waals surface area contributed by atoms with Gasteiger partial charge in [0.15, 0.2) is 5.82 Å². The van der Waals surface area contributed by atoms with Crippen molar-refractivity contribution in [3.8, 4) is 45.2 Å². The maximum Gasteiger partial charge on any atom is 0.488 e. The minimum atomic E-state index is -1.48. The van der Waals surface area contributed by atoms with E-state index in [0.717, 1.165) is 39.3 Å². The van der Waals surface area contributed by atoms with Crippen molar-refractivity contribution in [3.05, 3.63) is 109 Å². The van der Waals surface area contributed by atoms with Crippen LogP contribution in [0.3, 0.4) is 0 Å². The van der Waals surface area contributed by atoms with Crippen molar-refractivity contribution >= 4 is 12.6 Å². The zero-order valence-electron chi connectivity index (χ0n) is 17.7. The lowest BCUT2D eigenvalue weighted by molar-refractivity contribution is 0.426. The maximum absolute atomic E-state index is 9.35. The molecule has 5 rings (SSSR count). The highest BCUT2D eigenvalue weighted by atomic mass is 16.4. The van der Waals surface area contributed by atoms with Gasteiger partial charge in [-0.1, -0.05) is 78.9 Å². The predicted octanol–water partition coefficient (Wildman–Crippen LogP) is 4.22. The molecule has 0 radical (unpaired) electrons. The minimum Gasteiger partial charge on any atom is -0.423 e. The zero-order valence-corrected chi connectivity index (χ0v) is 17.7. The van der Waals surface area contributed by atoms with Gasteiger partial charge >= 0.3 is 7.12 Å². The van der Waals surface area contributed by atoms with E-state index in [2.05, 4.69) is 4.98 Å². The second-order valence-corrected chi connectivity index (χ2v) is 7.62. The molecule has 0 spiro atoms. The molecular weight excluding hydrogens is 409 g/mol. The van der Waals surface area contributed by atoms with Crippen LogP contribution in [0.2, 0.25) is 0 Å². The normalized spacial score (nSPS) is 10.7. The summed E-state index contributed by atoms with van der Waals surface area (Å²) in [6, 6.07) is 32.9. The summed E-state index contributed by atoms with van der Waals surface area (Å²) in [7, 11) is -1.48. The Morgan fingerprint density at radius 2 is 1.21 bits per heavy atom. The molecule has 0 saturated heterocycles. The summed E-state index contributed by atoms with van der Waals surface area (Å²) in [6.45, 7) is 0. The van der Waals surface area contributed by atoms with Crippen LogP contribution in [-0.4, -0.2) is 32.1 Å². The second kappa shape index (κ2) is 9.16. The van der Waals surface area contributed by atoms with Gasteiger partial charge in [-0.3, -0.25) is 4.98 Å². The Morgan fingerprint density at radius 3 is 1.94 bits per heavy atom. The minimum absolute atomic E-state index is 0.453. The van der Waals surface area contributed by atoms with Gasteiger partial charge in [-0.15, -0.1) is 0 Å². The van der Waals surface area contributed by atoms with Crippen LogP contribution in [0.15, 0.2) is 109 Å². The second-order valence-electron chi connectivity index (χ2n) is 7.62. The van der Waals surface area contributed by atoms with Gasteiger partial charge in [-0.05, 0) is 40.9 Å². The average Bonchev–Trinajstić information content (AvgIpc) is 2.89. The molecule has 0 aliphatic rings. The van der Waals surface area contributed by atoms with E-state index in [4.69, 9.17) is 9.97 Å². The summed E-state index contributed by atoms with van der Waals surface area (Å²) in [5, 5.41) is 18.7. The third-order valence-corrected chi connectivity index (χ3v) is 5.39. The number of benzene rings is 3. The lowest BCUT2D eigenvalue weighted by Gasteiger charge is -2.10. The van der Waals surface area contributed by atoms with Crippen molar-refractivity contribution in [2.24, 2.45) is 0 Å². The number of aromatic nitrogens is 3. The molecular formula is C27H20BN3O2. The molecule has 2 N–H and O–H groups in total. The topological polar surface area (TPSA) is 79.1 Å². The van der Waals surface area contributed by atoms with E-state index in [1.54, 1.807) is 18.3 Å². The van der Waals surface area contributed by atoms with Crippen LogP contribution in [0, 0.1) is 0 Å². The summed E-state index contributed by atoms with van der Waals surface area (Å²) in [5.74, 6) is 0.612. The Hall–Kier alpha value is -4.13. The summed E-state index contributed by atoms with van der Waals surface area (Å²) in [4.78, 5) is 14.2. The van der Waals surface area contributed by atoms with E-state index >= 15 is 0 Å². The van der Waals surface area contributed by atoms with Crippen LogP contribution < -0.4 is 5.46 Å². The lowest BCUT2D eigenvalue weighted by Crippen LogP contribution is -2.29. The fourth-order valence-electron chi connectivity index (χ4n) is 3.66. The highest BCUT2D eigenvalue weighted by molar-refractivity contribution is 6.58. The van der Waals surface area contributed by atoms with Crippen molar-refractivity contribution in [3.63, 3.8) is 0 Å².